The number of alkyl carbamates (subject to hydrolysis) is 1. The number of carbonyl (C=O) groups is 1. The van der Waals surface area contributed by atoms with Gasteiger partial charge in [0.05, 0.1) is 0 Å². The van der Waals surface area contributed by atoms with Gasteiger partial charge in [0.2, 0.25) is 0 Å². The molecule has 0 saturated carbocycles. The Morgan fingerprint density at radius 1 is 1.15 bits per heavy atom. The molecule has 0 bridgehead atoms. The van der Waals surface area contributed by atoms with Crippen LogP contribution in [0.2, 0.25) is 0 Å². The molecule has 0 aliphatic heterocycles. The van der Waals surface area contributed by atoms with E-state index in [9.17, 15) is 4.79 Å². The minimum Gasteiger partial charge on any atom is -0.444 e. The zero-order valence-electron chi connectivity index (χ0n) is 16.8. The van der Waals surface area contributed by atoms with Crippen molar-refractivity contribution >= 4 is 12.1 Å². The van der Waals surface area contributed by atoms with Gasteiger partial charge in [-0.2, -0.15) is 0 Å². The van der Waals surface area contributed by atoms with Gasteiger partial charge in [0.25, 0.3) is 0 Å². The molecule has 0 aliphatic carbocycles. The fourth-order valence-corrected chi connectivity index (χ4v) is 2.27. The van der Waals surface area contributed by atoms with Crippen molar-refractivity contribution in [3.05, 3.63) is 18.2 Å². The topological polar surface area (TPSA) is 92.6 Å². The molecular weight excluding hydrogens is 332 g/mol. The zero-order chi connectivity index (χ0) is 19.4. The number of aromatic nitrogens is 2. The lowest BCUT2D eigenvalue weighted by Gasteiger charge is -2.19. The molecule has 148 valence electrons. The molecule has 0 atom stereocenters. The summed E-state index contributed by atoms with van der Waals surface area (Å²) in [5.41, 5.74) is -0.467. The van der Waals surface area contributed by atoms with E-state index in [0.717, 1.165) is 50.7 Å². The summed E-state index contributed by atoms with van der Waals surface area (Å²) in [6.07, 6.45) is 6.39. The molecule has 1 heterocycles. The third-order valence-electron chi connectivity index (χ3n) is 3.58. The predicted octanol–water partition coefficient (Wildman–Crippen LogP) is 2.05. The summed E-state index contributed by atoms with van der Waals surface area (Å²) in [5, 5.41) is 9.27. The highest BCUT2D eigenvalue weighted by Gasteiger charge is 2.15. The third-order valence-corrected chi connectivity index (χ3v) is 3.58. The van der Waals surface area contributed by atoms with Crippen LogP contribution in [0.1, 0.15) is 45.9 Å². The third kappa shape index (κ3) is 9.90. The number of nitrogens with one attached hydrogen (secondary N) is 3. The molecule has 0 aromatic carbocycles. The van der Waals surface area contributed by atoms with Crippen molar-refractivity contribution in [3.63, 3.8) is 0 Å². The van der Waals surface area contributed by atoms with E-state index in [1.807, 2.05) is 40.1 Å². The summed E-state index contributed by atoms with van der Waals surface area (Å²) in [6, 6.07) is 0. The monoisotopic (exact) mass is 366 g/mol. The maximum Gasteiger partial charge on any atom is 0.407 e. The minimum atomic E-state index is -0.467. The molecule has 1 amide bonds. The van der Waals surface area contributed by atoms with Crippen molar-refractivity contribution in [2.75, 3.05) is 26.7 Å². The van der Waals surface area contributed by atoms with Gasteiger partial charge in [0.15, 0.2) is 5.96 Å². The number of ether oxygens (including phenoxy) is 1. The average molecular weight is 367 g/mol. The number of imidazole rings is 1. The van der Waals surface area contributed by atoms with E-state index in [1.165, 1.54) is 0 Å². The Morgan fingerprint density at radius 3 is 2.38 bits per heavy atom. The summed E-state index contributed by atoms with van der Waals surface area (Å²) in [7, 11) is 1.75. The van der Waals surface area contributed by atoms with Crippen LogP contribution in [0.25, 0.3) is 0 Å². The van der Waals surface area contributed by atoms with E-state index in [4.69, 9.17) is 4.74 Å². The van der Waals surface area contributed by atoms with E-state index in [0.29, 0.717) is 6.54 Å². The summed E-state index contributed by atoms with van der Waals surface area (Å²) < 4.78 is 7.34. The Labute approximate surface area is 156 Å². The number of aryl methyl sites for hydroxylation is 2. The second-order valence-corrected chi connectivity index (χ2v) is 7.08. The molecule has 8 heteroatoms. The first-order valence-corrected chi connectivity index (χ1v) is 9.21. The summed E-state index contributed by atoms with van der Waals surface area (Å²) >= 11 is 0. The SMILES string of the molecule is CN=C(NCCCCn1ccnc1C)NCCCNC(=O)OC(C)(C)C. The fraction of sp³-hybridized carbons (Fsp3) is 0.722. The molecule has 0 aliphatic rings. The van der Waals surface area contributed by atoms with Gasteiger partial charge >= 0.3 is 6.09 Å². The highest BCUT2D eigenvalue weighted by atomic mass is 16.6. The lowest BCUT2D eigenvalue weighted by Crippen LogP contribution is -2.39. The van der Waals surface area contributed by atoms with Gasteiger partial charge in [-0.3, -0.25) is 4.99 Å². The predicted molar refractivity (Wildman–Crippen MR) is 104 cm³/mol. The smallest absolute Gasteiger partial charge is 0.407 e. The Balaban J connectivity index is 2.05. The van der Waals surface area contributed by atoms with Crippen molar-refractivity contribution in [1.29, 1.82) is 0 Å². The van der Waals surface area contributed by atoms with E-state index in [2.05, 4.69) is 30.5 Å². The molecule has 0 saturated heterocycles. The van der Waals surface area contributed by atoms with E-state index < -0.39 is 5.60 Å². The number of hydrogen-bond donors (Lipinski definition) is 3. The number of amides is 1. The molecule has 0 radical (unpaired) electrons. The van der Waals surface area contributed by atoms with Crippen LogP contribution in [0.3, 0.4) is 0 Å². The molecule has 8 nitrogen and oxygen atoms in total. The number of nitrogens with zero attached hydrogens (tertiary/aromatic N) is 3. The average Bonchev–Trinajstić information content (AvgIpc) is 2.95. The van der Waals surface area contributed by atoms with Gasteiger partial charge < -0.3 is 25.3 Å². The molecule has 1 aromatic heterocycles. The lowest BCUT2D eigenvalue weighted by atomic mass is 10.2. The Morgan fingerprint density at radius 2 is 1.81 bits per heavy atom. The number of aliphatic imine (C=N–C) groups is 1. The number of unbranched alkanes of at least 4 members (excludes halogenated alkanes) is 1. The normalized spacial score (nSPS) is 12.0. The first kappa shape index (κ1) is 21.8. The molecule has 26 heavy (non-hydrogen) atoms. The van der Waals surface area contributed by atoms with Crippen LogP contribution in [-0.4, -0.2) is 53.9 Å². The first-order valence-electron chi connectivity index (χ1n) is 9.21. The van der Waals surface area contributed by atoms with E-state index >= 15 is 0 Å². The Kier molecular flexibility index (Phi) is 9.54. The van der Waals surface area contributed by atoms with E-state index in [1.54, 1.807) is 7.05 Å². The van der Waals surface area contributed by atoms with Crippen LogP contribution in [0, 0.1) is 6.92 Å². The van der Waals surface area contributed by atoms with Crippen molar-refractivity contribution in [2.24, 2.45) is 4.99 Å². The van der Waals surface area contributed by atoms with Crippen molar-refractivity contribution in [3.8, 4) is 0 Å². The fourth-order valence-electron chi connectivity index (χ4n) is 2.27. The summed E-state index contributed by atoms with van der Waals surface area (Å²) in [6.45, 7) is 10.7. The van der Waals surface area contributed by atoms with Crippen molar-refractivity contribution in [1.82, 2.24) is 25.5 Å². The Bertz CT molecular complexity index is 562. The van der Waals surface area contributed by atoms with Gasteiger partial charge in [0, 0.05) is 45.6 Å². The number of rotatable bonds is 9. The van der Waals surface area contributed by atoms with Crippen LogP contribution in [0.5, 0.6) is 0 Å². The highest BCUT2D eigenvalue weighted by Crippen LogP contribution is 2.06. The maximum atomic E-state index is 11.5. The molecule has 0 spiro atoms. The largest absolute Gasteiger partial charge is 0.444 e. The van der Waals surface area contributed by atoms with Gasteiger partial charge in [-0.25, -0.2) is 9.78 Å². The van der Waals surface area contributed by atoms with Crippen LogP contribution < -0.4 is 16.0 Å². The van der Waals surface area contributed by atoms with Crippen molar-refractivity contribution in [2.45, 2.75) is 59.1 Å². The minimum absolute atomic E-state index is 0.381. The van der Waals surface area contributed by atoms with Crippen LogP contribution >= 0.6 is 0 Å². The maximum absolute atomic E-state index is 11.5. The lowest BCUT2D eigenvalue weighted by molar-refractivity contribution is 0.0527. The van der Waals surface area contributed by atoms with Crippen molar-refractivity contribution < 1.29 is 9.53 Å². The van der Waals surface area contributed by atoms with Crippen LogP contribution in [0.15, 0.2) is 17.4 Å². The van der Waals surface area contributed by atoms with Crippen LogP contribution in [-0.2, 0) is 11.3 Å². The zero-order valence-corrected chi connectivity index (χ0v) is 16.8. The summed E-state index contributed by atoms with van der Waals surface area (Å²) in [5.74, 6) is 1.83. The molecule has 0 unspecified atom stereocenters. The first-order chi connectivity index (χ1) is 12.3. The molecule has 0 fully saturated rings. The van der Waals surface area contributed by atoms with E-state index in [-0.39, 0.29) is 6.09 Å². The number of guanidine groups is 1. The Hall–Kier alpha value is -2.25. The second kappa shape index (κ2) is 11.4. The standard InChI is InChI=1S/C18H34N6O2/c1-15-20-12-14-24(15)13-7-6-9-21-16(19-5)22-10-8-11-23-17(25)26-18(2,3)4/h12,14H,6-11,13H2,1-5H3,(H,23,25)(H2,19,21,22). The number of hydrogen-bond acceptors (Lipinski definition) is 4. The molecular formula is C18H34N6O2. The highest BCUT2D eigenvalue weighted by molar-refractivity contribution is 5.79. The van der Waals surface area contributed by atoms with Gasteiger partial charge in [0.1, 0.15) is 11.4 Å². The van der Waals surface area contributed by atoms with Gasteiger partial charge in [-0.1, -0.05) is 0 Å². The molecule has 1 aromatic rings. The molecule has 3 N–H and O–H groups in total. The second-order valence-electron chi connectivity index (χ2n) is 7.08. The van der Waals surface area contributed by atoms with Gasteiger partial charge in [-0.15, -0.1) is 0 Å². The number of carbonyl (C=O) groups excluding carboxylic acids is 1. The van der Waals surface area contributed by atoms with Gasteiger partial charge in [-0.05, 0) is 47.0 Å². The summed E-state index contributed by atoms with van der Waals surface area (Å²) in [4.78, 5) is 19.9. The quantitative estimate of drug-likeness (QED) is 0.353. The van der Waals surface area contributed by atoms with Crippen LogP contribution in [0.4, 0.5) is 4.79 Å². The molecule has 1 rings (SSSR count).